The number of fused-ring (bicyclic) bond motifs is 2. The first-order valence-electron chi connectivity index (χ1n) is 7.89. The smallest absolute Gasteiger partial charge is 0.371 e. The average molecular weight is 347 g/mol. The van der Waals surface area contributed by atoms with Gasteiger partial charge in [-0.3, -0.25) is 4.79 Å². The fraction of sp³-hybridized carbons (Fsp3) is 0.0500. The number of rotatable bonds is 4. The third kappa shape index (κ3) is 3.00. The molecule has 0 unspecified atom stereocenters. The molecule has 6 heteroatoms. The Morgan fingerprint density at radius 2 is 1.92 bits per heavy atom. The van der Waals surface area contributed by atoms with Crippen LogP contribution in [-0.4, -0.2) is 16.1 Å². The van der Waals surface area contributed by atoms with E-state index in [0.717, 1.165) is 22.7 Å². The highest BCUT2D eigenvalue weighted by atomic mass is 16.5. The second kappa shape index (κ2) is 6.33. The SMILES string of the molecule is O=C(O)c1cc(=O)c2ccc(OCc3ccc4ccccc4n3)cc2o1. The number of aromatic nitrogens is 1. The van der Waals surface area contributed by atoms with Crippen LogP contribution in [-0.2, 0) is 6.61 Å². The van der Waals surface area contributed by atoms with E-state index in [1.807, 2.05) is 36.4 Å². The molecule has 0 atom stereocenters. The van der Waals surface area contributed by atoms with Gasteiger partial charge in [0.15, 0.2) is 5.43 Å². The Morgan fingerprint density at radius 3 is 2.77 bits per heavy atom. The van der Waals surface area contributed by atoms with Crippen LogP contribution in [0, 0.1) is 0 Å². The topological polar surface area (TPSA) is 89.6 Å². The molecule has 0 saturated carbocycles. The van der Waals surface area contributed by atoms with Crippen molar-refractivity contribution in [2.75, 3.05) is 0 Å². The molecule has 2 aromatic carbocycles. The van der Waals surface area contributed by atoms with Crippen LogP contribution in [0.1, 0.15) is 16.2 Å². The number of carbonyl (C=O) groups is 1. The van der Waals surface area contributed by atoms with Gasteiger partial charge in [-0.25, -0.2) is 9.78 Å². The molecule has 6 nitrogen and oxygen atoms in total. The van der Waals surface area contributed by atoms with E-state index in [1.165, 1.54) is 6.07 Å². The van der Waals surface area contributed by atoms with Crippen molar-refractivity contribution >= 4 is 27.8 Å². The highest BCUT2D eigenvalue weighted by molar-refractivity contribution is 5.87. The molecule has 0 aliphatic heterocycles. The van der Waals surface area contributed by atoms with Crippen molar-refractivity contribution in [3.63, 3.8) is 0 Å². The molecular weight excluding hydrogens is 334 g/mol. The Labute approximate surface area is 147 Å². The van der Waals surface area contributed by atoms with Gasteiger partial charge in [-0.15, -0.1) is 0 Å². The fourth-order valence-corrected chi connectivity index (χ4v) is 2.68. The Balaban J connectivity index is 1.61. The van der Waals surface area contributed by atoms with Crippen LogP contribution in [0.3, 0.4) is 0 Å². The number of para-hydroxylation sites is 1. The van der Waals surface area contributed by atoms with Gasteiger partial charge in [0.25, 0.3) is 0 Å². The number of benzene rings is 2. The second-order valence-corrected chi connectivity index (χ2v) is 5.72. The monoisotopic (exact) mass is 347 g/mol. The summed E-state index contributed by atoms with van der Waals surface area (Å²) in [7, 11) is 0. The summed E-state index contributed by atoms with van der Waals surface area (Å²) in [4.78, 5) is 27.5. The lowest BCUT2D eigenvalue weighted by atomic mass is 10.2. The van der Waals surface area contributed by atoms with Gasteiger partial charge in [-0.1, -0.05) is 24.3 Å². The maximum absolute atomic E-state index is 11.9. The summed E-state index contributed by atoms with van der Waals surface area (Å²) in [5, 5.41) is 10.3. The van der Waals surface area contributed by atoms with E-state index in [4.69, 9.17) is 14.3 Å². The predicted molar refractivity (Wildman–Crippen MR) is 95.5 cm³/mol. The number of nitrogens with zero attached hydrogens (tertiary/aromatic N) is 1. The van der Waals surface area contributed by atoms with E-state index < -0.39 is 17.2 Å². The predicted octanol–water partition coefficient (Wildman–Crippen LogP) is 3.62. The van der Waals surface area contributed by atoms with Gasteiger partial charge in [-0.2, -0.15) is 0 Å². The van der Waals surface area contributed by atoms with Gasteiger partial charge in [0.05, 0.1) is 16.6 Å². The number of pyridine rings is 1. The highest BCUT2D eigenvalue weighted by Gasteiger charge is 2.11. The van der Waals surface area contributed by atoms with Crippen LogP contribution >= 0.6 is 0 Å². The molecule has 4 aromatic rings. The Bertz CT molecular complexity index is 1200. The van der Waals surface area contributed by atoms with Crippen LogP contribution in [0.25, 0.3) is 21.9 Å². The van der Waals surface area contributed by atoms with Crippen molar-refractivity contribution in [1.82, 2.24) is 4.98 Å². The lowest BCUT2D eigenvalue weighted by Gasteiger charge is -2.07. The maximum atomic E-state index is 11.9. The molecule has 0 radical (unpaired) electrons. The Morgan fingerprint density at radius 1 is 1.08 bits per heavy atom. The van der Waals surface area contributed by atoms with Crippen molar-refractivity contribution in [3.8, 4) is 5.75 Å². The van der Waals surface area contributed by atoms with E-state index in [-0.39, 0.29) is 12.2 Å². The fourth-order valence-electron chi connectivity index (χ4n) is 2.68. The summed E-state index contributed by atoms with van der Waals surface area (Å²) in [6, 6.07) is 17.3. The van der Waals surface area contributed by atoms with Crippen molar-refractivity contribution in [2.24, 2.45) is 0 Å². The van der Waals surface area contributed by atoms with E-state index >= 15 is 0 Å². The van der Waals surface area contributed by atoms with E-state index in [0.29, 0.717) is 11.1 Å². The van der Waals surface area contributed by atoms with Crippen molar-refractivity contribution in [3.05, 3.63) is 82.3 Å². The first-order chi connectivity index (χ1) is 12.6. The zero-order valence-corrected chi connectivity index (χ0v) is 13.5. The lowest BCUT2D eigenvalue weighted by Crippen LogP contribution is -2.06. The van der Waals surface area contributed by atoms with Crippen molar-refractivity contribution in [1.29, 1.82) is 0 Å². The molecule has 0 amide bonds. The summed E-state index contributed by atoms with van der Waals surface area (Å²) in [6.45, 7) is 0.235. The molecule has 0 bridgehead atoms. The molecule has 26 heavy (non-hydrogen) atoms. The summed E-state index contributed by atoms with van der Waals surface area (Å²) < 4.78 is 11.0. The van der Waals surface area contributed by atoms with Gasteiger partial charge in [0.2, 0.25) is 5.76 Å². The summed E-state index contributed by atoms with van der Waals surface area (Å²) >= 11 is 0. The number of ether oxygens (including phenoxy) is 1. The molecule has 0 aliphatic carbocycles. The molecule has 0 fully saturated rings. The molecule has 0 spiro atoms. The average Bonchev–Trinajstić information content (AvgIpc) is 2.65. The molecular formula is C20H13NO5. The zero-order chi connectivity index (χ0) is 18.1. The summed E-state index contributed by atoms with van der Waals surface area (Å²) in [5.41, 5.74) is 1.39. The molecule has 0 saturated heterocycles. The molecule has 0 aliphatic rings. The van der Waals surface area contributed by atoms with Gasteiger partial charge in [0, 0.05) is 17.5 Å². The minimum Gasteiger partial charge on any atom is -0.487 e. The van der Waals surface area contributed by atoms with Crippen LogP contribution in [0.2, 0.25) is 0 Å². The van der Waals surface area contributed by atoms with Crippen molar-refractivity contribution in [2.45, 2.75) is 6.61 Å². The molecule has 4 rings (SSSR count). The van der Waals surface area contributed by atoms with Crippen LogP contribution in [0.5, 0.6) is 5.75 Å². The number of carboxylic acid groups (broad SMARTS) is 1. The Kier molecular flexibility index (Phi) is 3.85. The minimum atomic E-state index is -1.30. The number of hydrogen-bond acceptors (Lipinski definition) is 5. The minimum absolute atomic E-state index is 0.166. The van der Waals surface area contributed by atoms with Crippen LogP contribution in [0.4, 0.5) is 0 Å². The Hall–Kier alpha value is -3.67. The largest absolute Gasteiger partial charge is 0.487 e. The van der Waals surface area contributed by atoms with E-state index in [1.54, 1.807) is 12.1 Å². The van der Waals surface area contributed by atoms with Gasteiger partial charge in [0.1, 0.15) is 17.9 Å². The third-order valence-electron chi connectivity index (χ3n) is 3.95. The first kappa shape index (κ1) is 15.8. The molecule has 128 valence electrons. The number of aromatic carboxylic acids is 1. The summed E-state index contributed by atoms with van der Waals surface area (Å²) in [5.74, 6) is -1.25. The van der Waals surface area contributed by atoms with E-state index in [9.17, 15) is 9.59 Å². The van der Waals surface area contributed by atoms with Crippen LogP contribution < -0.4 is 10.2 Å². The van der Waals surface area contributed by atoms with Crippen LogP contribution in [0.15, 0.2) is 69.9 Å². The van der Waals surface area contributed by atoms with Gasteiger partial charge in [-0.05, 0) is 24.3 Å². The standard InChI is InChI=1S/C20H13NO5/c22-17-10-19(20(23)24)26-18-9-14(7-8-15(17)18)25-11-13-6-5-12-3-1-2-4-16(12)21-13/h1-10H,11H2,(H,23,24). The quantitative estimate of drug-likeness (QED) is 0.606. The van der Waals surface area contributed by atoms with Crippen molar-refractivity contribution < 1.29 is 19.1 Å². The first-order valence-corrected chi connectivity index (χ1v) is 7.89. The third-order valence-corrected chi connectivity index (χ3v) is 3.95. The lowest BCUT2D eigenvalue weighted by molar-refractivity contribution is 0.0663. The zero-order valence-electron chi connectivity index (χ0n) is 13.5. The number of hydrogen-bond donors (Lipinski definition) is 1. The van der Waals surface area contributed by atoms with E-state index in [2.05, 4.69) is 4.98 Å². The highest BCUT2D eigenvalue weighted by Crippen LogP contribution is 2.21. The molecule has 2 aromatic heterocycles. The second-order valence-electron chi connectivity index (χ2n) is 5.72. The number of carboxylic acids is 1. The normalized spacial score (nSPS) is 10.9. The van der Waals surface area contributed by atoms with Gasteiger partial charge >= 0.3 is 5.97 Å². The maximum Gasteiger partial charge on any atom is 0.371 e. The summed E-state index contributed by atoms with van der Waals surface area (Å²) in [6.07, 6.45) is 0. The molecule has 1 N–H and O–H groups in total. The molecule has 2 heterocycles. The van der Waals surface area contributed by atoms with Gasteiger partial charge < -0.3 is 14.3 Å².